The molecule has 0 unspecified atom stereocenters. The maximum atomic E-state index is 9.21. The quantitative estimate of drug-likeness (QED) is 0.874. The summed E-state index contributed by atoms with van der Waals surface area (Å²) in [6.07, 6.45) is 0. The lowest BCUT2D eigenvalue weighted by Crippen LogP contribution is -2.46. The second-order valence-electron chi connectivity index (χ2n) is 6.14. The van der Waals surface area contributed by atoms with Crippen LogP contribution in [0.25, 0.3) is 0 Å². The van der Waals surface area contributed by atoms with Gasteiger partial charge in [-0.3, -0.25) is 9.88 Å². The van der Waals surface area contributed by atoms with E-state index in [1.165, 1.54) is 5.69 Å². The zero-order chi connectivity index (χ0) is 16.2. The molecule has 1 aromatic carbocycles. The lowest BCUT2D eigenvalue weighted by Gasteiger charge is -2.36. The molecule has 0 spiro atoms. The van der Waals surface area contributed by atoms with Crippen molar-refractivity contribution in [2.75, 3.05) is 31.1 Å². The number of pyridine rings is 1. The maximum Gasteiger partial charge on any atom is 0.0995 e. The first-order valence-electron chi connectivity index (χ1n) is 8.06. The molecule has 0 bridgehead atoms. The minimum Gasteiger partial charge on any atom is -0.369 e. The average molecular weight is 306 g/mol. The van der Waals surface area contributed by atoms with Crippen LogP contribution in [0.5, 0.6) is 0 Å². The van der Waals surface area contributed by atoms with Crippen LogP contribution in [0.15, 0.2) is 36.4 Å². The molecule has 4 nitrogen and oxygen atoms in total. The zero-order valence-electron chi connectivity index (χ0n) is 13.8. The van der Waals surface area contributed by atoms with Gasteiger partial charge in [-0.15, -0.1) is 0 Å². The average Bonchev–Trinajstić information content (AvgIpc) is 2.55. The Morgan fingerprint density at radius 2 is 1.70 bits per heavy atom. The van der Waals surface area contributed by atoms with E-state index >= 15 is 0 Å². The number of hydrogen-bond acceptors (Lipinski definition) is 4. The number of rotatable bonds is 3. The van der Waals surface area contributed by atoms with Crippen molar-refractivity contribution >= 4 is 5.69 Å². The van der Waals surface area contributed by atoms with Gasteiger partial charge >= 0.3 is 0 Å². The Bertz CT molecular complexity index is 704. The van der Waals surface area contributed by atoms with Crippen LogP contribution in [0.3, 0.4) is 0 Å². The van der Waals surface area contributed by atoms with Crippen molar-refractivity contribution in [3.8, 4) is 6.07 Å². The maximum absolute atomic E-state index is 9.21. The summed E-state index contributed by atoms with van der Waals surface area (Å²) in [7, 11) is 0. The largest absolute Gasteiger partial charge is 0.369 e. The first-order valence-corrected chi connectivity index (χ1v) is 8.06. The first-order chi connectivity index (χ1) is 11.2. The van der Waals surface area contributed by atoms with Gasteiger partial charge in [0.1, 0.15) is 0 Å². The van der Waals surface area contributed by atoms with Crippen molar-refractivity contribution in [1.29, 1.82) is 5.26 Å². The predicted octanol–water partition coefficient (Wildman–Crippen LogP) is 2.89. The van der Waals surface area contributed by atoms with Crippen LogP contribution < -0.4 is 4.90 Å². The van der Waals surface area contributed by atoms with Gasteiger partial charge in [-0.2, -0.15) is 5.26 Å². The molecule has 2 aromatic rings. The molecule has 1 aromatic heterocycles. The van der Waals surface area contributed by atoms with Crippen LogP contribution in [0, 0.1) is 25.2 Å². The fourth-order valence-corrected chi connectivity index (χ4v) is 3.17. The van der Waals surface area contributed by atoms with Gasteiger partial charge in [0.2, 0.25) is 0 Å². The van der Waals surface area contributed by atoms with Gasteiger partial charge in [-0.25, -0.2) is 0 Å². The fourth-order valence-electron chi connectivity index (χ4n) is 3.17. The standard InChI is InChI=1S/C19H22N4/c1-15-11-19(12-16(2)21-15)23-9-7-22(8-10-23)14-18-6-4-3-5-17(18)13-20/h3-6,11-12H,7-10,14H2,1-2H3. The van der Waals surface area contributed by atoms with E-state index in [-0.39, 0.29) is 0 Å². The van der Waals surface area contributed by atoms with E-state index in [1.807, 2.05) is 32.0 Å². The van der Waals surface area contributed by atoms with Crippen LogP contribution in [-0.2, 0) is 6.54 Å². The molecule has 0 aliphatic carbocycles. The number of anilines is 1. The lowest BCUT2D eigenvalue weighted by atomic mass is 10.1. The normalized spacial score (nSPS) is 15.4. The number of piperazine rings is 1. The molecule has 2 heterocycles. The Balaban J connectivity index is 1.63. The van der Waals surface area contributed by atoms with Gasteiger partial charge in [-0.05, 0) is 37.6 Å². The summed E-state index contributed by atoms with van der Waals surface area (Å²) in [5.74, 6) is 0. The number of aryl methyl sites for hydroxylation is 2. The van der Waals surface area contributed by atoms with Crippen LogP contribution >= 0.6 is 0 Å². The number of nitriles is 1. The molecule has 0 amide bonds. The highest BCUT2D eigenvalue weighted by Crippen LogP contribution is 2.19. The highest BCUT2D eigenvalue weighted by atomic mass is 15.3. The van der Waals surface area contributed by atoms with E-state index in [9.17, 15) is 5.26 Å². The summed E-state index contributed by atoms with van der Waals surface area (Å²) in [6, 6.07) is 14.5. The van der Waals surface area contributed by atoms with Crippen LogP contribution in [-0.4, -0.2) is 36.1 Å². The summed E-state index contributed by atoms with van der Waals surface area (Å²) in [6.45, 7) is 9.00. The van der Waals surface area contributed by atoms with Crippen molar-refractivity contribution in [3.05, 3.63) is 58.9 Å². The van der Waals surface area contributed by atoms with E-state index in [2.05, 4.69) is 39.1 Å². The SMILES string of the molecule is Cc1cc(N2CCN(Cc3ccccc3C#N)CC2)cc(C)n1. The van der Waals surface area contributed by atoms with Crippen LogP contribution in [0.4, 0.5) is 5.69 Å². The molecule has 0 saturated carbocycles. The number of benzene rings is 1. The molecule has 0 N–H and O–H groups in total. The molecule has 1 saturated heterocycles. The number of hydrogen-bond donors (Lipinski definition) is 0. The molecule has 4 heteroatoms. The predicted molar refractivity (Wildman–Crippen MR) is 92.4 cm³/mol. The number of aromatic nitrogens is 1. The third-order valence-corrected chi connectivity index (χ3v) is 4.34. The van der Waals surface area contributed by atoms with Crippen molar-refractivity contribution in [3.63, 3.8) is 0 Å². The van der Waals surface area contributed by atoms with Crippen LogP contribution in [0.1, 0.15) is 22.5 Å². The monoisotopic (exact) mass is 306 g/mol. The Labute approximate surface area is 138 Å². The second-order valence-corrected chi connectivity index (χ2v) is 6.14. The van der Waals surface area contributed by atoms with Crippen LogP contribution in [0.2, 0.25) is 0 Å². The summed E-state index contributed by atoms with van der Waals surface area (Å²) in [5, 5.41) is 9.21. The van der Waals surface area contributed by atoms with E-state index in [0.717, 1.165) is 55.2 Å². The minimum absolute atomic E-state index is 0.787. The van der Waals surface area contributed by atoms with Gasteiger partial charge in [0.15, 0.2) is 0 Å². The first kappa shape index (κ1) is 15.5. The fraction of sp³-hybridized carbons (Fsp3) is 0.368. The topological polar surface area (TPSA) is 43.2 Å². The number of nitrogens with zero attached hydrogens (tertiary/aromatic N) is 4. The summed E-state index contributed by atoms with van der Waals surface area (Å²) < 4.78 is 0. The Hall–Kier alpha value is -2.38. The minimum atomic E-state index is 0.787. The molecule has 1 aliphatic rings. The van der Waals surface area contributed by atoms with E-state index in [4.69, 9.17) is 0 Å². The summed E-state index contributed by atoms with van der Waals surface area (Å²) in [5.41, 5.74) is 5.33. The highest BCUT2D eigenvalue weighted by molar-refractivity contribution is 5.48. The zero-order valence-corrected chi connectivity index (χ0v) is 13.8. The molecular formula is C19H22N4. The molecule has 0 atom stereocenters. The molecule has 1 fully saturated rings. The summed E-state index contributed by atoms with van der Waals surface area (Å²) in [4.78, 5) is 9.30. The molecule has 0 radical (unpaired) electrons. The van der Waals surface area contributed by atoms with Gasteiger partial charge in [0.25, 0.3) is 0 Å². The van der Waals surface area contributed by atoms with Gasteiger partial charge < -0.3 is 4.90 Å². The van der Waals surface area contributed by atoms with Crippen molar-refractivity contribution in [2.45, 2.75) is 20.4 Å². The molecule has 1 aliphatic heterocycles. The van der Waals surface area contributed by atoms with Gasteiger partial charge in [0, 0.05) is 49.8 Å². The van der Waals surface area contributed by atoms with Gasteiger partial charge in [-0.1, -0.05) is 18.2 Å². The van der Waals surface area contributed by atoms with E-state index in [0.29, 0.717) is 0 Å². The highest BCUT2D eigenvalue weighted by Gasteiger charge is 2.18. The third kappa shape index (κ3) is 3.69. The molecular weight excluding hydrogens is 284 g/mol. The Morgan fingerprint density at radius 1 is 1.04 bits per heavy atom. The van der Waals surface area contributed by atoms with Crippen molar-refractivity contribution in [2.24, 2.45) is 0 Å². The lowest BCUT2D eigenvalue weighted by molar-refractivity contribution is 0.249. The molecule has 23 heavy (non-hydrogen) atoms. The summed E-state index contributed by atoms with van der Waals surface area (Å²) >= 11 is 0. The van der Waals surface area contributed by atoms with E-state index in [1.54, 1.807) is 0 Å². The Kier molecular flexibility index (Phi) is 4.59. The smallest absolute Gasteiger partial charge is 0.0995 e. The second kappa shape index (κ2) is 6.80. The third-order valence-electron chi connectivity index (χ3n) is 4.34. The van der Waals surface area contributed by atoms with E-state index < -0.39 is 0 Å². The van der Waals surface area contributed by atoms with Crippen molar-refractivity contribution < 1.29 is 0 Å². The van der Waals surface area contributed by atoms with Crippen molar-refractivity contribution in [1.82, 2.24) is 9.88 Å². The molecule has 3 rings (SSSR count). The van der Waals surface area contributed by atoms with Gasteiger partial charge in [0.05, 0.1) is 11.6 Å². The molecule has 118 valence electrons. The Morgan fingerprint density at radius 3 is 2.35 bits per heavy atom.